The van der Waals surface area contributed by atoms with E-state index in [4.69, 9.17) is 0 Å². The molecule has 0 aromatic heterocycles. The van der Waals surface area contributed by atoms with Crippen molar-refractivity contribution in [3.63, 3.8) is 0 Å². The number of carboxylic acids is 1. The maximum absolute atomic E-state index is 15.1. The minimum absolute atomic E-state index is 0.0438. The van der Waals surface area contributed by atoms with Crippen molar-refractivity contribution in [2.45, 2.75) is 216 Å². The van der Waals surface area contributed by atoms with Crippen LogP contribution in [-0.2, 0) is 57.5 Å². The summed E-state index contributed by atoms with van der Waals surface area (Å²) < 4.78 is 0. The summed E-state index contributed by atoms with van der Waals surface area (Å²) in [4.78, 5) is 180. The predicted molar refractivity (Wildman–Crippen MR) is 330 cm³/mol. The van der Waals surface area contributed by atoms with Crippen molar-refractivity contribution in [3.05, 3.63) is 12.2 Å². The number of rotatable bonds is 16. The number of amides is 11. The molecule has 25 heteroatoms. The fourth-order valence-corrected chi connectivity index (χ4v) is 10.7. The van der Waals surface area contributed by atoms with Crippen molar-refractivity contribution in [3.8, 4) is 0 Å². The molecule has 87 heavy (non-hydrogen) atoms. The number of carboxylic acid groups (broad SMARTS) is 1. The van der Waals surface area contributed by atoms with E-state index in [1.165, 1.54) is 101 Å². The fourth-order valence-electron chi connectivity index (χ4n) is 10.7. The molecule has 0 radical (unpaired) electrons. The van der Waals surface area contributed by atoms with Crippen molar-refractivity contribution >= 4 is 70.9 Å². The molecule has 0 aromatic rings. The molecule has 1 rings (SSSR count). The molecule has 2 unspecified atom stereocenters. The number of nitrogens with one attached hydrogen (secondary N) is 4. The van der Waals surface area contributed by atoms with Crippen LogP contribution in [-0.4, -0.2) is 238 Å². The van der Waals surface area contributed by atoms with Gasteiger partial charge in [0.1, 0.15) is 60.4 Å². The number of allylic oxidation sites excluding steroid dienone is 1. The zero-order valence-corrected chi connectivity index (χ0v) is 56.4. The molecule has 0 aliphatic carbocycles. The first kappa shape index (κ1) is 78.4. The van der Waals surface area contributed by atoms with Gasteiger partial charge >= 0.3 is 5.97 Å². The van der Waals surface area contributed by atoms with Gasteiger partial charge in [0.05, 0.1) is 12.6 Å². The zero-order chi connectivity index (χ0) is 67.6. The second kappa shape index (κ2) is 35.4. The molecule has 6 N–H and O–H groups in total. The number of aliphatic carboxylic acids is 1. The Labute approximate surface area is 517 Å². The zero-order valence-electron chi connectivity index (χ0n) is 56.4. The van der Waals surface area contributed by atoms with E-state index >= 15 is 9.59 Å². The van der Waals surface area contributed by atoms with Crippen molar-refractivity contribution in [1.29, 1.82) is 0 Å². The molecule has 11 amide bonds. The van der Waals surface area contributed by atoms with Gasteiger partial charge in [0, 0.05) is 55.4 Å². The van der Waals surface area contributed by atoms with Gasteiger partial charge in [-0.2, -0.15) is 0 Å². The second-order valence-electron chi connectivity index (χ2n) is 26.3. The lowest BCUT2D eigenvalue weighted by Crippen LogP contribution is -2.63. The molecule has 1 aliphatic heterocycles. The first-order valence-electron chi connectivity index (χ1n) is 30.7. The summed E-state index contributed by atoms with van der Waals surface area (Å²) in [6.45, 7) is 26.9. The van der Waals surface area contributed by atoms with E-state index in [1.54, 1.807) is 34.6 Å². The Morgan fingerprint density at radius 2 is 0.897 bits per heavy atom. The lowest BCUT2D eigenvalue weighted by molar-refractivity contribution is -0.157. The van der Waals surface area contributed by atoms with Crippen molar-refractivity contribution in [2.24, 2.45) is 41.4 Å². The van der Waals surface area contributed by atoms with Crippen LogP contribution < -0.4 is 21.3 Å². The lowest BCUT2D eigenvalue weighted by atomic mass is 9.91. The van der Waals surface area contributed by atoms with Gasteiger partial charge in [-0.3, -0.25) is 52.7 Å². The summed E-state index contributed by atoms with van der Waals surface area (Å²) in [6, 6.07) is -12.9. The van der Waals surface area contributed by atoms with Crippen molar-refractivity contribution in [2.75, 3.05) is 55.9 Å². The largest absolute Gasteiger partial charge is 0.478 e. The summed E-state index contributed by atoms with van der Waals surface area (Å²) in [5.74, 6) is -12.0. The Kier molecular flexibility index (Phi) is 31.8. The van der Waals surface area contributed by atoms with Crippen LogP contribution in [0.5, 0.6) is 0 Å². The van der Waals surface area contributed by atoms with E-state index in [1.807, 2.05) is 55.4 Å². The van der Waals surface area contributed by atoms with E-state index in [9.17, 15) is 58.2 Å². The standard InChI is InChI=1S/C62H109N11O14/c1-24-42-58(83)67(17)32-47(74)68(18)43(28-33(2)3)55(80)66-49(37(10)11)61(86)69(19)44(29-34(4)5)54(79)63-40(15)53(78)64-41(16)57(82)70(20)45(30-35(6)7)59(84)71(21)46(31-36(8)9)60(85)72(22)50(38(12)13)62(87)73(23)51(56(81)65-42)52(77)39(14)26-25-27-48(75)76/h25,27,33-46,49-52,77H,24,26,28-32H2,1-23H3,(H,63,79)(H,64,78)(H,65,81)(H,66,80)(H,75,76)/b27-25-/t39-,40+,41+,42+,43+,44+,45+,46+,49+,50?,51?,52-/m1/s1. The van der Waals surface area contributed by atoms with E-state index in [0.717, 1.165) is 15.9 Å². The van der Waals surface area contributed by atoms with Crippen LogP contribution in [0.4, 0.5) is 0 Å². The molecule has 0 saturated carbocycles. The third kappa shape index (κ3) is 22.5. The maximum atomic E-state index is 15.1. The molecule has 1 aliphatic rings. The number of hydrogen-bond acceptors (Lipinski definition) is 13. The van der Waals surface area contributed by atoms with Gasteiger partial charge in [-0.15, -0.1) is 0 Å². The summed E-state index contributed by atoms with van der Waals surface area (Å²) >= 11 is 0. The number of carbonyl (C=O) groups excluding carboxylic acids is 11. The lowest BCUT2D eigenvalue weighted by Gasteiger charge is -2.41. The van der Waals surface area contributed by atoms with Gasteiger partial charge in [-0.1, -0.05) is 103 Å². The monoisotopic (exact) mass is 1230 g/mol. The van der Waals surface area contributed by atoms with Gasteiger partial charge in [0.15, 0.2) is 0 Å². The summed E-state index contributed by atoms with van der Waals surface area (Å²) in [6.07, 6.45) is 0.834. The number of hydrogen-bond donors (Lipinski definition) is 6. The quantitative estimate of drug-likeness (QED) is 0.121. The molecular weight excluding hydrogens is 1120 g/mol. The van der Waals surface area contributed by atoms with E-state index in [2.05, 4.69) is 21.3 Å². The van der Waals surface area contributed by atoms with Gasteiger partial charge < -0.3 is 65.8 Å². The van der Waals surface area contributed by atoms with E-state index in [-0.39, 0.29) is 62.2 Å². The van der Waals surface area contributed by atoms with Crippen LogP contribution >= 0.6 is 0 Å². The maximum Gasteiger partial charge on any atom is 0.327 e. The van der Waals surface area contributed by atoms with Crippen LogP contribution in [0, 0.1) is 41.4 Å². The SMILES string of the molecule is CC[C@@H]1NC(=O)C([C@H](O)[C@H](C)C/C=C\C(=O)O)N(C)C(=O)C(C(C)C)N(C)C(=O)[C@H](CC(C)C)N(C)C(=O)[C@H](CC(C)C)N(C)C(=O)[C@H](C)NC(=O)[C@H](C)NC(=O)[C@H](CC(C)C)N(C)C(=O)[C@H](C(C)C)NC(=O)[C@H](CC(C)C)N(C)C(=O)CN(C)C1=O. The van der Waals surface area contributed by atoms with Gasteiger partial charge in [0.25, 0.3) is 0 Å². The normalized spacial score (nSPS) is 26.5. The Balaban J connectivity index is 4.35. The summed E-state index contributed by atoms with van der Waals surface area (Å²) in [5.41, 5.74) is 0. The molecule has 0 aromatic carbocycles. The van der Waals surface area contributed by atoms with Crippen LogP contribution in [0.25, 0.3) is 0 Å². The first-order chi connectivity index (χ1) is 40.1. The molecular formula is C62H109N11O14. The van der Waals surface area contributed by atoms with E-state index in [0.29, 0.717) is 0 Å². The fraction of sp³-hybridized carbons (Fsp3) is 0.774. The highest BCUT2D eigenvalue weighted by atomic mass is 16.4. The third-order valence-corrected chi connectivity index (χ3v) is 16.1. The van der Waals surface area contributed by atoms with Gasteiger partial charge in [0.2, 0.25) is 65.0 Å². The Morgan fingerprint density at radius 3 is 1.34 bits per heavy atom. The smallest absolute Gasteiger partial charge is 0.327 e. The number of nitrogens with zero attached hydrogens (tertiary/aromatic N) is 7. The molecule has 0 spiro atoms. The first-order valence-corrected chi connectivity index (χ1v) is 30.7. The molecule has 0 bridgehead atoms. The second-order valence-corrected chi connectivity index (χ2v) is 26.3. The van der Waals surface area contributed by atoms with Crippen molar-refractivity contribution in [1.82, 2.24) is 55.6 Å². The Hall–Kier alpha value is -6.66. The Morgan fingerprint density at radius 1 is 0.483 bits per heavy atom. The minimum Gasteiger partial charge on any atom is -0.478 e. The molecule has 25 nitrogen and oxygen atoms in total. The van der Waals surface area contributed by atoms with Crippen LogP contribution in [0.2, 0.25) is 0 Å². The van der Waals surface area contributed by atoms with Gasteiger partial charge in [-0.25, -0.2) is 4.79 Å². The average Bonchev–Trinajstić information content (AvgIpc) is 1.19. The Bertz CT molecular complexity index is 2430. The number of carbonyl (C=O) groups is 12. The number of likely N-dealkylation sites (N-methyl/N-ethyl adjacent to an activating group) is 7. The number of aliphatic hydroxyl groups is 1. The summed E-state index contributed by atoms with van der Waals surface area (Å²) in [7, 11) is 9.63. The van der Waals surface area contributed by atoms with Gasteiger partial charge in [-0.05, 0) is 93.8 Å². The highest BCUT2D eigenvalue weighted by molar-refractivity contribution is 5.99. The molecule has 496 valence electrons. The molecule has 12 atom stereocenters. The average molecular weight is 1230 g/mol. The molecule has 1 fully saturated rings. The van der Waals surface area contributed by atoms with Crippen molar-refractivity contribution < 1.29 is 67.7 Å². The van der Waals surface area contributed by atoms with Crippen LogP contribution in [0.3, 0.4) is 0 Å². The van der Waals surface area contributed by atoms with Crippen LogP contribution in [0.15, 0.2) is 12.2 Å². The third-order valence-electron chi connectivity index (χ3n) is 16.1. The minimum atomic E-state index is -1.76. The molecule has 1 saturated heterocycles. The number of aliphatic hydroxyl groups excluding tert-OH is 1. The highest BCUT2D eigenvalue weighted by Gasteiger charge is 2.46. The predicted octanol–water partition coefficient (Wildman–Crippen LogP) is 2.33. The topological polar surface area (TPSA) is 316 Å². The molecule has 1 heterocycles. The highest BCUT2D eigenvalue weighted by Crippen LogP contribution is 2.26. The van der Waals surface area contributed by atoms with Crippen LogP contribution in [0.1, 0.15) is 149 Å². The summed E-state index contributed by atoms with van der Waals surface area (Å²) in [5, 5.41) is 32.3. The van der Waals surface area contributed by atoms with E-state index < -0.39 is 162 Å².